The molecule has 0 aromatic heterocycles. The second kappa shape index (κ2) is 4.68. The number of halogens is 2. The van der Waals surface area contributed by atoms with Crippen LogP contribution in [-0.2, 0) is 5.54 Å². The summed E-state index contributed by atoms with van der Waals surface area (Å²) in [4.78, 5) is 2.48. The lowest BCUT2D eigenvalue weighted by molar-refractivity contribution is 0.0522. The first-order valence-corrected chi connectivity index (χ1v) is 7.26. The van der Waals surface area contributed by atoms with E-state index in [-0.39, 0.29) is 11.6 Å². The van der Waals surface area contributed by atoms with E-state index in [1.165, 1.54) is 5.56 Å². The third kappa shape index (κ3) is 2.16. The molecule has 1 aliphatic carbocycles. The smallest absolute Gasteiger partial charge is 0.0564 e. The number of rotatable bonds is 2. The van der Waals surface area contributed by atoms with Gasteiger partial charge in [0.05, 0.1) is 6.10 Å². The summed E-state index contributed by atoms with van der Waals surface area (Å²) in [5.74, 6) is 0. The minimum atomic E-state index is -0.127. The van der Waals surface area contributed by atoms with Crippen LogP contribution in [0.3, 0.4) is 0 Å². The van der Waals surface area contributed by atoms with Crippen molar-refractivity contribution in [1.29, 1.82) is 0 Å². The average Bonchev–Trinajstić information content (AvgIpc) is 3.11. The molecule has 98 valence electrons. The Balaban J connectivity index is 1.86. The molecular formula is C14H17Cl2NO. The summed E-state index contributed by atoms with van der Waals surface area (Å²) >= 11 is 12.3. The lowest BCUT2D eigenvalue weighted by atomic mass is 9.98. The molecule has 2 nitrogen and oxygen atoms in total. The van der Waals surface area contributed by atoms with E-state index in [2.05, 4.69) is 11.0 Å². The fourth-order valence-electron chi connectivity index (χ4n) is 3.04. The normalized spacial score (nSPS) is 24.2. The van der Waals surface area contributed by atoms with Crippen LogP contribution in [-0.4, -0.2) is 29.2 Å². The van der Waals surface area contributed by atoms with Crippen molar-refractivity contribution in [3.63, 3.8) is 0 Å². The summed E-state index contributed by atoms with van der Waals surface area (Å²) < 4.78 is 0. The Morgan fingerprint density at radius 1 is 1.17 bits per heavy atom. The van der Waals surface area contributed by atoms with Gasteiger partial charge in [0.15, 0.2) is 0 Å². The molecule has 3 rings (SSSR count). The van der Waals surface area contributed by atoms with Crippen molar-refractivity contribution >= 4 is 23.2 Å². The van der Waals surface area contributed by atoms with Crippen molar-refractivity contribution in [2.45, 2.75) is 37.3 Å². The molecule has 1 heterocycles. The van der Waals surface area contributed by atoms with Crippen LogP contribution in [0.5, 0.6) is 0 Å². The van der Waals surface area contributed by atoms with Crippen LogP contribution in [0.2, 0.25) is 10.0 Å². The van der Waals surface area contributed by atoms with E-state index in [0.29, 0.717) is 5.02 Å². The highest BCUT2D eigenvalue weighted by molar-refractivity contribution is 6.35. The maximum absolute atomic E-state index is 9.60. The number of aliphatic hydroxyl groups is 1. The molecule has 4 heteroatoms. The van der Waals surface area contributed by atoms with Gasteiger partial charge in [-0.05, 0) is 43.4 Å². The highest BCUT2D eigenvalue weighted by atomic mass is 35.5. The van der Waals surface area contributed by atoms with Crippen LogP contribution in [0.15, 0.2) is 18.2 Å². The molecule has 1 aromatic carbocycles. The van der Waals surface area contributed by atoms with E-state index in [9.17, 15) is 5.11 Å². The maximum atomic E-state index is 9.60. The quantitative estimate of drug-likeness (QED) is 0.900. The largest absolute Gasteiger partial charge is 0.393 e. The minimum Gasteiger partial charge on any atom is -0.393 e. The van der Waals surface area contributed by atoms with Gasteiger partial charge in [-0.15, -0.1) is 0 Å². The van der Waals surface area contributed by atoms with E-state index < -0.39 is 0 Å². The van der Waals surface area contributed by atoms with E-state index >= 15 is 0 Å². The van der Waals surface area contributed by atoms with Gasteiger partial charge in [0.1, 0.15) is 0 Å². The first-order chi connectivity index (χ1) is 8.62. The Kier molecular flexibility index (Phi) is 3.31. The Labute approximate surface area is 117 Å². The number of aliphatic hydroxyl groups excluding tert-OH is 1. The van der Waals surface area contributed by atoms with Crippen LogP contribution in [0.4, 0.5) is 0 Å². The maximum Gasteiger partial charge on any atom is 0.0564 e. The van der Waals surface area contributed by atoms with Gasteiger partial charge in [-0.25, -0.2) is 0 Å². The minimum absolute atomic E-state index is 0.113. The Hall–Kier alpha value is -0.280. The van der Waals surface area contributed by atoms with Gasteiger partial charge >= 0.3 is 0 Å². The van der Waals surface area contributed by atoms with Crippen LogP contribution >= 0.6 is 23.2 Å². The number of hydrogen-bond acceptors (Lipinski definition) is 2. The molecule has 1 N–H and O–H groups in total. The predicted octanol–water partition coefficient (Wildman–Crippen LogP) is 3.44. The van der Waals surface area contributed by atoms with E-state index in [0.717, 1.165) is 43.8 Å². The average molecular weight is 286 g/mol. The summed E-state index contributed by atoms with van der Waals surface area (Å²) in [6, 6.07) is 5.81. The summed E-state index contributed by atoms with van der Waals surface area (Å²) in [6.45, 7) is 1.92. The second-order valence-electron chi connectivity index (χ2n) is 5.37. The molecule has 2 fully saturated rings. The molecule has 1 saturated heterocycles. The molecule has 1 saturated carbocycles. The summed E-state index contributed by atoms with van der Waals surface area (Å²) in [5, 5.41) is 11.1. The van der Waals surface area contributed by atoms with Gasteiger partial charge in [-0.1, -0.05) is 29.3 Å². The van der Waals surface area contributed by atoms with E-state index in [1.54, 1.807) is 0 Å². The third-order valence-corrected chi connectivity index (χ3v) is 4.77. The van der Waals surface area contributed by atoms with Crippen LogP contribution in [0, 0.1) is 0 Å². The van der Waals surface area contributed by atoms with Gasteiger partial charge in [-0.3, -0.25) is 4.90 Å². The molecule has 18 heavy (non-hydrogen) atoms. The molecule has 0 radical (unpaired) electrons. The van der Waals surface area contributed by atoms with Crippen LogP contribution in [0.25, 0.3) is 0 Å². The summed E-state index contributed by atoms with van der Waals surface area (Å²) in [7, 11) is 0. The SMILES string of the molecule is OC1CCN(C2(c3ccc(Cl)cc3Cl)CC2)CC1. The van der Waals surface area contributed by atoms with Gasteiger partial charge in [0.2, 0.25) is 0 Å². The van der Waals surface area contributed by atoms with Crippen LogP contribution in [0.1, 0.15) is 31.2 Å². The van der Waals surface area contributed by atoms with Gasteiger partial charge in [0.25, 0.3) is 0 Å². The summed E-state index contributed by atoms with van der Waals surface area (Å²) in [5.41, 5.74) is 1.31. The van der Waals surface area contributed by atoms with Crippen molar-refractivity contribution in [2.75, 3.05) is 13.1 Å². The second-order valence-corrected chi connectivity index (χ2v) is 6.22. The number of hydrogen-bond donors (Lipinski definition) is 1. The fourth-order valence-corrected chi connectivity index (χ4v) is 3.62. The highest BCUT2D eigenvalue weighted by Crippen LogP contribution is 2.53. The van der Waals surface area contributed by atoms with Crippen molar-refractivity contribution in [3.05, 3.63) is 33.8 Å². The first-order valence-electron chi connectivity index (χ1n) is 6.50. The molecular weight excluding hydrogens is 269 g/mol. The van der Waals surface area contributed by atoms with E-state index in [1.807, 2.05) is 12.1 Å². The molecule has 0 bridgehead atoms. The van der Waals surface area contributed by atoms with Gasteiger partial charge in [-0.2, -0.15) is 0 Å². The zero-order valence-electron chi connectivity index (χ0n) is 10.2. The molecule has 1 aromatic rings. The molecule has 0 spiro atoms. The lowest BCUT2D eigenvalue weighted by Crippen LogP contribution is -2.43. The molecule has 1 aliphatic heterocycles. The Bertz CT molecular complexity index is 451. The lowest BCUT2D eigenvalue weighted by Gasteiger charge is -2.37. The summed E-state index contributed by atoms with van der Waals surface area (Å²) in [6.07, 6.45) is 3.92. The number of piperidine rings is 1. The monoisotopic (exact) mass is 285 g/mol. The van der Waals surface area contributed by atoms with Gasteiger partial charge in [0, 0.05) is 28.7 Å². The zero-order chi connectivity index (χ0) is 12.8. The molecule has 0 unspecified atom stereocenters. The molecule has 2 aliphatic rings. The van der Waals surface area contributed by atoms with Gasteiger partial charge < -0.3 is 5.11 Å². The number of likely N-dealkylation sites (tertiary alicyclic amines) is 1. The standard InChI is InChI=1S/C14H17Cl2NO/c15-10-1-2-12(13(16)9-10)14(5-6-14)17-7-3-11(18)4-8-17/h1-2,9,11,18H,3-8H2. The topological polar surface area (TPSA) is 23.5 Å². The Morgan fingerprint density at radius 2 is 1.83 bits per heavy atom. The first kappa shape index (κ1) is 12.7. The van der Waals surface area contributed by atoms with Crippen molar-refractivity contribution < 1.29 is 5.11 Å². The van der Waals surface area contributed by atoms with Crippen LogP contribution < -0.4 is 0 Å². The van der Waals surface area contributed by atoms with Crippen molar-refractivity contribution in [3.8, 4) is 0 Å². The van der Waals surface area contributed by atoms with E-state index in [4.69, 9.17) is 23.2 Å². The highest BCUT2D eigenvalue weighted by Gasteiger charge is 2.50. The zero-order valence-corrected chi connectivity index (χ0v) is 11.7. The molecule has 0 amide bonds. The number of benzene rings is 1. The third-order valence-electron chi connectivity index (χ3n) is 4.23. The predicted molar refractivity (Wildman–Crippen MR) is 74.2 cm³/mol. The van der Waals surface area contributed by atoms with Crippen molar-refractivity contribution in [1.82, 2.24) is 4.90 Å². The molecule has 0 atom stereocenters. The Morgan fingerprint density at radius 3 is 2.39 bits per heavy atom. The van der Waals surface area contributed by atoms with Crippen molar-refractivity contribution in [2.24, 2.45) is 0 Å². The fraction of sp³-hybridized carbons (Fsp3) is 0.571. The number of nitrogens with zero attached hydrogens (tertiary/aromatic N) is 1.